The van der Waals surface area contributed by atoms with E-state index in [1.807, 2.05) is 12.1 Å². The number of anilines is 3. The van der Waals surface area contributed by atoms with E-state index < -0.39 is 16.9 Å². The van der Waals surface area contributed by atoms with Gasteiger partial charge in [0, 0.05) is 33.9 Å². The van der Waals surface area contributed by atoms with E-state index in [-0.39, 0.29) is 0 Å². The third-order valence-electron chi connectivity index (χ3n) is 11.3. The summed E-state index contributed by atoms with van der Waals surface area (Å²) in [5.41, 5.74) is 5.06. The van der Waals surface area contributed by atoms with Crippen LogP contribution in [-0.2, 0) is 0 Å². The maximum atomic E-state index is 6.75. The van der Waals surface area contributed by atoms with Crippen LogP contribution in [0.5, 0.6) is 11.5 Å². The quantitative estimate of drug-likeness (QED) is 0.182. The highest BCUT2D eigenvalue weighted by molar-refractivity contribution is 7.27. The molecule has 2 aliphatic heterocycles. The van der Waals surface area contributed by atoms with Crippen molar-refractivity contribution in [3.63, 3.8) is 0 Å². The van der Waals surface area contributed by atoms with Crippen LogP contribution in [0, 0.1) is 0 Å². The highest BCUT2D eigenvalue weighted by Crippen LogP contribution is 2.39. The predicted octanol–water partition coefficient (Wildman–Crippen LogP) is 7.10. The molecule has 0 bridgehead atoms. The van der Waals surface area contributed by atoms with Gasteiger partial charge in [0.25, 0.3) is 0 Å². The minimum Gasteiger partial charge on any atom is -0.458 e. The normalized spacial score (nSPS) is 14.9. The van der Waals surface area contributed by atoms with Crippen LogP contribution in [0.4, 0.5) is 17.1 Å². The van der Waals surface area contributed by atoms with Gasteiger partial charge in [-0.25, -0.2) is 0 Å². The zero-order valence-corrected chi connectivity index (χ0v) is 31.0. The zero-order valence-electron chi connectivity index (χ0n) is 28.8. The fourth-order valence-electron chi connectivity index (χ4n) is 9.12. The molecule has 8 aromatic carbocycles. The fourth-order valence-corrected chi connectivity index (χ4v) is 19.5. The van der Waals surface area contributed by atoms with Gasteiger partial charge < -0.3 is 14.1 Å². The van der Waals surface area contributed by atoms with Gasteiger partial charge in [-0.2, -0.15) is 0 Å². The van der Waals surface area contributed by atoms with Gasteiger partial charge in [0.15, 0.2) is 8.07 Å². The molecular weight excluding hydrogens is 679 g/mol. The van der Waals surface area contributed by atoms with E-state index in [1.165, 1.54) is 36.3 Å². The Morgan fingerprint density at radius 3 is 1.74 bits per heavy atom. The van der Waals surface area contributed by atoms with Crippen molar-refractivity contribution in [3.8, 4) is 11.5 Å². The number of benzene rings is 8. The molecule has 0 amide bonds. The molecule has 0 saturated heterocycles. The van der Waals surface area contributed by atoms with Crippen molar-refractivity contribution in [1.29, 1.82) is 0 Å². The Bertz CT molecular complexity index is 2800. The van der Waals surface area contributed by atoms with Crippen molar-refractivity contribution >= 4 is 92.2 Å². The number of hydrogen-bond acceptors (Lipinski definition) is 3. The molecule has 2 aliphatic rings. The van der Waals surface area contributed by atoms with Gasteiger partial charge in [0.05, 0.1) is 0 Å². The highest BCUT2D eigenvalue weighted by Gasteiger charge is 2.53. The van der Waals surface area contributed by atoms with Crippen molar-refractivity contribution in [2.75, 3.05) is 4.90 Å². The van der Waals surface area contributed by atoms with Crippen LogP contribution >= 0.6 is 0 Å². The molecule has 0 radical (unpaired) electrons. The van der Waals surface area contributed by atoms with Gasteiger partial charge in [0.1, 0.15) is 31.5 Å². The Labute approximate surface area is 310 Å². The van der Waals surface area contributed by atoms with Crippen LogP contribution < -0.4 is 45.9 Å². The summed E-state index contributed by atoms with van der Waals surface area (Å²) in [4.78, 5) is 2.39. The molecule has 53 heavy (non-hydrogen) atoms. The molecule has 9 aromatic rings. The standard InChI is InChI=1S/C48H33NO2Si2/c1-3-15-33(16-4-1)49(34-27-29-38-37-19-7-8-20-39(37)50-42(38)31-34)35-28-30-44-48(32-35)53(45-24-12-9-21-40(45)51-41-22-10-13-25-46(41)53)47-26-14-11-23-43(47)52(44)36-17-5-2-6-18-36/h1-32,52H. The number of hydrogen-bond donors (Lipinski definition) is 0. The van der Waals surface area contributed by atoms with Crippen molar-refractivity contribution in [1.82, 2.24) is 0 Å². The van der Waals surface area contributed by atoms with Crippen molar-refractivity contribution < 1.29 is 9.15 Å². The molecule has 250 valence electrons. The monoisotopic (exact) mass is 711 g/mol. The van der Waals surface area contributed by atoms with Crippen LogP contribution in [-0.4, -0.2) is 16.9 Å². The van der Waals surface area contributed by atoms with Crippen LogP contribution in [0.3, 0.4) is 0 Å². The Balaban J connectivity index is 1.23. The molecule has 1 spiro atoms. The fraction of sp³-hybridized carbons (Fsp3) is 0. The highest BCUT2D eigenvalue weighted by atomic mass is 28.3. The van der Waals surface area contributed by atoms with Gasteiger partial charge in [-0.05, 0) is 75.3 Å². The summed E-state index contributed by atoms with van der Waals surface area (Å²) in [7, 11) is -4.80. The molecule has 5 heteroatoms. The Morgan fingerprint density at radius 2 is 0.962 bits per heavy atom. The first-order valence-electron chi connectivity index (χ1n) is 18.2. The second-order valence-electron chi connectivity index (χ2n) is 14.0. The summed E-state index contributed by atoms with van der Waals surface area (Å²) in [6.45, 7) is 0. The topological polar surface area (TPSA) is 25.6 Å². The van der Waals surface area contributed by atoms with Crippen LogP contribution in [0.15, 0.2) is 199 Å². The lowest BCUT2D eigenvalue weighted by Gasteiger charge is -2.46. The average molecular weight is 712 g/mol. The maximum absolute atomic E-state index is 6.75. The predicted molar refractivity (Wildman–Crippen MR) is 225 cm³/mol. The average Bonchev–Trinajstić information content (AvgIpc) is 3.60. The summed E-state index contributed by atoms with van der Waals surface area (Å²) < 4.78 is 13.2. The Morgan fingerprint density at radius 1 is 0.396 bits per heavy atom. The van der Waals surface area contributed by atoms with Crippen molar-refractivity contribution in [3.05, 3.63) is 194 Å². The number of fused-ring (bicyclic) bond motifs is 11. The Hall–Kier alpha value is -6.41. The number of furan rings is 1. The first-order chi connectivity index (χ1) is 26.3. The van der Waals surface area contributed by atoms with E-state index in [0.29, 0.717) is 0 Å². The lowest BCUT2D eigenvalue weighted by Crippen LogP contribution is -2.87. The van der Waals surface area contributed by atoms with Crippen molar-refractivity contribution in [2.24, 2.45) is 0 Å². The van der Waals surface area contributed by atoms with E-state index >= 15 is 0 Å². The number of nitrogens with zero attached hydrogens (tertiary/aromatic N) is 1. The minimum absolute atomic E-state index is 0.881. The third kappa shape index (κ3) is 4.45. The lowest BCUT2D eigenvalue weighted by molar-refractivity contribution is 0.487. The summed E-state index contributed by atoms with van der Waals surface area (Å²) in [6, 6.07) is 71.2. The van der Waals surface area contributed by atoms with Crippen LogP contribution in [0.2, 0.25) is 0 Å². The molecule has 11 rings (SSSR count). The Kier molecular flexibility index (Phi) is 6.74. The first kappa shape index (κ1) is 30.2. The largest absolute Gasteiger partial charge is 0.458 e. The van der Waals surface area contributed by atoms with Crippen molar-refractivity contribution in [2.45, 2.75) is 0 Å². The molecule has 0 N–H and O–H groups in total. The molecule has 1 unspecified atom stereocenters. The van der Waals surface area contributed by atoms with Gasteiger partial charge in [-0.1, -0.05) is 149 Å². The van der Waals surface area contributed by atoms with Crippen LogP contribution in [0.25, 0.3) is 21.9 Å². The molecule has 1 atom stereocenters. The molecule has 3 heterocycles. The minimum atomic E-state index is -2.91. The third-order valence-corrected chi connectivity index (χ3v) is 20.1. The number of ether oxygens (including phenoxy) is 1. The van der Waals surface area contributed by atoms with Gasteiger partial charge in [0.2, 0.25) is 0 Å². The number of rotatable bonds is 4. The van der Waals surface area contributed by atoms with E-state index in [1.54, 1.807) is 0 Å². The first-order valence-corrected chi connectivity index (χ1v) is 21.9. The molecular formula is C48H33NO2Si2. The van der Waals surface area contributed by atoms with Gasteiger partial charge >= 0.3 is 0 Å². The zero-order chi connectivity index (χ0) is 34.9. The molecule has 3 nitrogen and oxygen atoms in total. The summed E-state index contributed by atoms with van der Waals surface area (Å²) in [5, 5.41) is 12.2. The van der Waals surface area contributed by atoms with E-state index in [4.69, 9.17) is 9.15 Å². The maximum Gasteiger partial charge on any atom is 0.188 e. The molecule has 0 fully saturated rings. The van der Waals surface area contributed by atoms with E-state index in [2.05, 4.69) is 187 Å². The summed E-state index contributed by atoms with van der Waals surface area (Å²) >= 11 is 0. The lowest BCUT2D eigenvalue weighted by atomic mass is 10.1. The molecule has 1 aromatic heterocycles. The van der Waals surface area contributed by atoms with E-state index in [0.717, 1.165) is 50.5 Å². The van der Waals surface area contributed by atoms with Gasteiger partial charge in [-0.3, -0.25) is 0 Å². The molecule has 0 saturated carbocycles. The summed E-state index contributed by atoms with van der Waals surface area (Å²) in [5.74, 6) is 1.92. The second-order valence-corrected chi connectivity index (χ2v) is 20.4. The number of para-hydroxylation sites is 4. The van der Waals surface area contributed by atoms with Gasteiger partial charge in [-0.15, -0.1) is 0 Å². The summed E-state index contributed by atoms with van der Waals surface area (Å²) in [6.07, 6.45) is 0. The smallest absolute Gasteiger partial charge is 0.188 e. The second kappa shape index (κ2) is 11.8. The molecule has 0 aliphatic carbocycles. The van der Waals surface area contributed by atoms with E-state index in [9.17, 15) is 0 Å². The SMILES string of the molecule is c1ccc(N(c2ccc3c(c2)[Si]2(c4ccccc4Oc4ccccc42)c2ccccc2[SiH]3c2ccccc2)c2ccc3c(c2)oc2ccccc23)cc1. The van der Waals surface area contributed by atoms with Crippen LogP contribution in [0.1, 0.15) is 0 Å².